The Kier molecular flexibility index (Phi) is 22.5. The van der Waals surface area contributed by atoms with Crippen molar-refractivity contribution in [3.63, 3.8) is 0 Å². The summed E-state index contributed by atoms with van der Waals surface area (Å²) in [4.78, 5) is 0. The van der Waals surface area contributed by atoms with Gasteiger partial charge >= 0.3 is 0 Å². The Hall–Kier alpha value is 1.32. The summed E-state index contributed by atoms with van der Waals surface area (Å²) in [6.45, 7) is 2.06. The van der Waals surface area contributed by atoms with Gasteiger partial charge in [0.15, 0.2) is 0 Å². The van der Waals surface area contributed by atoms with E-state index in [1.54, 1.807) is 0 Å². The summed E-state index contributed by atoms with van der Waals surface area (Å²) in [5, 5.41) is 0. The third kappa shape index (κ3) is 15.7. The second-order valence-electron chi connectivity index (χ2n) is 1.45. The van der Waals surface area contributed by atoms with Crippen LogP contribution in [-0.2, 0) is 0 Å². The molecule has 2 nitrogen and oxygen atoms in total. The van der Waals surface area contributed by atoms with Crippen LogP contribution in [0.5, 0.6) is 0 Å². The smallest absolute Gasteiger partial charge is 0.0520 e. The average molecular weight is 375 g/mol. The van der Waals surface area contributed by atoms with Crippen LogP contribution in [0, 0.1) is 0 Å². The third-order valence-electron chi connectivity index (χ3n) is 0.622. The molecule has 0 aliphatic heterocycles. The number of hydrogen-bond acceptors (Lipinski definition) is 2. The fourth-order valence-corrected chi connectivity index (χ4v) is 0.333. The van der Waals surface area contributed by atoms with Crippen molar-refractivity contribution in [2.75, 3.05) is 0 Å². The van der Waals surface area contributed by atoms with E-state index in [1.165, 1.54) is 0 Å². The van der Waals surface area contributed by atoms with E-state index in [4.69, 9.17) is 11.5 Å². The number of nitrogens with two attached hydrogens (primary N) is 2. The van der Waals surface area contributed by atoms with Crippen molar-refractivity contribution >= 4 is 44.3 Å². The number of halogens is 1. The minimum Gasteiger partial charge on any atom is -0.316 e. The minimum absolute atomic E-state index is 0. The maximum Gasteiger partial charge on any atom is 0.0520 e. The van der Waals surface area contributed by atoms with Gasteiger partial charge in [0.05, 0.1) is 6.17 Å². The molecular formula is C4H12BrN2Pb. The van der Waals surface area contributed by atoms with Crippen LogP contribution in [0.1, 0.15) is 19.8 Å². The van der Waals surface area contributed by atoms with Crippen LogP contribution >= 0.6 is 17.0 Å². The first-order chi connectivity index (χ1) is 2.77. The minimum atomic E-state index is -0.102. The molecule has 0 spiro atoms. The zero-order chi connectivity index (χ0) is 4.99. The summed E-state index contributed by atoms with van der Waals surface area (Å²) >= 11 is 0. The summed E-state index contributed by atoms with van der Waals surface area (Å²) in [5.41, 5.74) is 10.4. The van der Waals surface area contributed by atoms with Gasteiger partial charge in [-0.15, -0.1) is 0 Å². The van der Waals surface area contributed by atoms with E-state index in [0.29, 0.717) is 0 Å². The van der Waals surface area contributed by atoms with E-state index in [1.807, 2.05) is 0 Å². The standard InChI is InChI=1S/C4H12N2.Br.Pb/c1-2-3-4(5)6;;/h4H,2-3,5-6H2,1H3;;. The van der Waals surface area contributed by atoms with E-state index < -0.39 is 0 Å². The van der Waals surface area contributed by atoms with Gasteiger partial charge in [-0.1, -0.05) is 13.3 Å². The second-order valence-corrected chi connectivity index (χ2v) is 1.45. The van der Waals surface area contributed by atoms with E-state index >= 15 is 0 Å². The molecular weight excluding hydrogens is 363 g/mol. The molecule has 0 aliphatic carbocycles. The molecule has 0 aromatic heterocycles. The van der Waals surface area contributed by atoms with Crippen molar-refractivity contribution in [3.8, 4) is 0 Å². The van der Waals surface area contributed by atoms with Crippen LogP contribution in [0.15, 0.2) is 0 Å². The molecule has 0 aromatic carbocycles. The van der Waals surface area contributed by atoms with Gasteiger partial charge < -0.3 is 11.5 Å². The van der Waals surface area contributed by atoms with Gasteiger partial charge in [0.2, 0.25) is 0 Å². The Morgan fingerprint density at radius 3 is 1.75 bits per heavy atom. The normalized spacial score (nSPS) is 7.50. The van der Waals surface area contributed by atoms with Crippen LogP contribution in [0.3, 0.4) is 0 Å². The van der Waals surface area contributed by atoms with Crippen LogP contribution < -0.4 is 11.5 Å². The summed E-state index contributed by atoms with van der Waals surface area (Å²) < 4.78 is 0. The van der Waals surface area contributed by atoms with Gasteiger partial charge in [0.1, 0.15) is 0 Å². The second kappa shape index (κ2) is 11.2. The van der Waals surface area contributed by atoms with Crippen LogP contribution in [0.25, 0.3) is 0 Å². The average Bonchev–Trinajstić information content (AvgIpc) is 1.35. The molecule has 4 heteroatoms. The number of rotatable bonds is 2. The zero-order valence-electron chi connectivity index (χ0n) is 5.02. The van der Waals surface area contributed by atoms with E-state index in [0.717, 1.165) is 12.8 Å². The first kappa shape index (κ1) is 16.2. The van der Waals surface area contributed by atoms with Crippen molar-refractivity contribution < 1.29 is 0 Å². The molecule has 0 aliphatic rings. The van der Waals surface area contributed by atoms with Gasteiger partial charge in [-0.05, 0) is 6.42 Å². The van der Waals surface area contributed by atoms with Crippen LogP contribution in [-0.4, -0.2) is 33.5 Å². The summed E-state index contributed by atoms with van der Waals surface area (Å²) in [5.74, 6) is 0. The van der Waals surface area contributed by atoms with Gasteiger partial charge in [-0.2, -0.15) is 0 Å². The maximum atomic E-state index is 5.18. The molecule has 8 heavy (non-hydrogen) atoms. The van der Waals surface area contributed by atoms with Crippen molar-refractivity contribution in [3.05, 3.63) is 0 Å². The van der Waals surface area contributed by atoms with E-state index in [-0.39, 0.29) is 50.4 Å². The Morgan fingerprint density at radius 2 is 1.75 bits per heavy atom. The molecule has 0 unspecified atom stereocenters. The molecule has 0 fully saturated rings. The predicted molar refractivity (Wildman–Crippen MR) is 41.8 cm³/mol. The van der Waals surface area contributed by atoms with Gasteiger partial charge in [0.25, 0.3) is 0 Å². The van der Waals surface area contributed by atoms with Crippen molar-refractivity contribution in [2.24, 2.45) is 11.5 Å². The largest absolute Gasteiger partial charge is 0.316 e. The van der Waals surface area contributed by atoms with Crippen molar-refractivity contribution in [1.82, 2.24) is 0 Å². The quantitative estimate of drug-likeness (QED) is 0.546. The Labute approximate surface area is 81.3 Å². The monoisotopic (exact) mass is 375 g/mol. The molecule has 49 valence electrons. The summed E-state index contributed by atoms with van der Waals surface area (Å²) in [7, 11) is 0. The third-order valence-corrected chi connectivity index (χ3v) is 0.622. The molecule has 0 amide bonds. The van der Waals surface area contributed by atoms with Crippen LogP contribution in [0.4, 0.5) is 0 Å². The molecule has 0 atom stereocenters. The predicted octanol–water partition coefficient (Wildman–Crippen LogP) is 0.495. The zero-order valence-corrected chi connectivity index (χ0v) is 10.5. The van der Waals surface area contributed by atoms with Crippen LogP contribution in [0.2, 0.25) is 0 Å². The van der Waals surface area contributed by atoms with Crippen molar-refractivity contribution in [2.45, 2.75) is 25.9 Å². The Morgan fingerprint density at radius 1 is 1.38 bits per heavy atom. The Bertz CT molecular complexity index is 35.2. The number of hydrogen-bond donors (Lipinski definition) is 2. The maximum absolute atomic E-state index is 5.18. The molecule has 0 rings (SSSR count). The first-order valence-electron chi connectivity index (χ1n) is 2.28. The molecule has 0 aromatic rings. The SMILES string of the molecule is CCCC(N)N.[Br].[Pb]. The van der Waals surface area contributed by atoms with Gasteiger partial charge in [0, 0.05) is 44.3 Å². The molecule has 0 heterocycles. The topological polar surface area (TPSA) is 52.0 Å². The Balaban J connectivity index is -0.000000125. The molecule has 0 saturated heterocycles. The fraction of sp³-hybridized carbons (Fsp3) is 1.00. The fourth-order valence-electron chi connectivity index (χ4n) is 0.333. The van der Waals surface area contributed by atoms with E-state index in [9.17, 15) is 0 Å². The van der Waals surface area contributed by atoms with E-state index in [2.05, 4.69) is 6.92 Å². The summed E-state index contributed by atoms with van der Waals surface area (Å²) in [6.07, 6.45) is 1.91. The van der Waals surface area contributed by atoms with Gasteiger partial charge in [-0.3, -0.25) is 0 Å². The van der Waals surface area contributed by atoms with Crippen molar-refractivity contribution in [1.29, 1.82) is 0 Å². The first-order valence-corrected chi connectivity index (χ1v) is 2.28. The summed E-state index contributed by atoms with van der Waals surface area (Å²) in [6, 6.07) is 0. The molecule has 0 bridgehead atoms. The molecule has 0 saturated carbocycles. The van der Waals surface area contributed by atoms with Gasteiger partial charge in [-0.25, -0.2) is 0 Å². The molecule has 4 N–H and O–H groups in total. The molecule has 5 radical (unpaired) electrons.